The van der Waals surface area contributed by atoms with Crippen molar-refractivity contribution in [2.24, 2.45) is 0 Å². The van der Waals surface area contributed by atoms with Crippen LogP contribution in [0.3, 0.4) is 0 Å². The summed E-state index contributed by atoms with van der Waals surface area (Å²) in [5, 5.41) is 2.14. The first-order valence-electron chi connectivity index (χ1n) is 5.22. The minimum absolute atomic E-state index is 0.591. The maximum atomic E-state index is 4.14. The van der Waals surface area contributed by atoms with E-state index in [2.05, 4.69) is 61.2 Å². The van der Waals surface area contributed by atoms with Crippen LogP contribution >= 0.6 is 24.0 Å². The summed E-state index contributed by atoms with van der Waals surface area (Å²) in [7, 11) is 2.17. The standard InChI is InChI=1S/C12H19NS2/c1-11(10-12-6-5-9-15-12)13(2)7-3-4-8-14/h3-6,9,11,14H,7-8,10H2,1-2H3. The summed E-state index contributed by atoms with van der Waals surface area (Å²) in [4.78, 5) is 3.83. The van der Waals surface area contributed by atoms with Gasteiger partial charge >= 0.3 is 0 Å². The second kappa shape index (κ2) is 7.09. The highest BCUT2D eigenvalue weighted by molar-refractivity contribution is 7.80. The lowest BCUT2D eigenvalue weighted by Crippen LogP contribution is -2.30. The molecule has 0 aliphatic carbocycles. The van der Waals surface area contributed by atoms with Gasteiger partial charge in [0.1, 0.15) is 0 Å². The molecule has 0 bridgehead atoms. The predicted molar refractivity (Wildman–Crippen MR) is 73.1 cm³/mol. The van der Waals surface area contributed by atoms with Gasteiger partial charge in [-0.1, -0.05) is 18.2 Å². The van der Waals surface area contributed by atoms with Crippen LogP contribution in [0.2, 0.25) is 0 Å². The van der Waals surface area contributed by atoms with E-state index in [0.29, 0.717) is 6.04 Å². The van der Waals surface area contributed by atoms with Gasteiger partial charge in [-0.3, -0.25) is 4.90 Å². The van der Waals surface area contributed by atoms with Crippen LogP contribution in [0.5, 0.6) is 0 Å². The molecule has 0 aliphatic rings. The highest BCUT2D eigenvalue weighted by atomic mass is 32.1. The number of nitrogens with zero attached hydrogens (tertiary/aromatic N) is 1. The number of likely N-dealkylation sites (N-methyl/N-ethyl adjacent to an activating group) is 1. The van der Waals surface area contributed by atoms with E-state index in [9.17, 15) is 0 Å². The van der Waals surface area contributed by atoms with Gasteiger partial charge in [0, 0.05) is 23.2 Å². The van der Waals surface area contributed by atoms with Crippen molar-refractivity contribution < 1.29 is 0 Å². The Bertz CT molecular complexity index is 280. The quantitative estimate of drug-likeness (QED) is 0.592. The van der Waals surface area contributed by atoms with Gasteiger partial charge in [-0.25, -0.2) is 0 Å². The van der Waals surface area contributed by atoms with Crippen molar-refractivity contribution in [3.8, 4) is 0 Å². The van der Waals surface area contributed by atoms with Crippen LogP contribution in [0, 0.1) is 0 Å². The van der Waals surface area contributed by atoms with Crippen LogP contribution in [0.25, 0.3) is 0 Å². The van der Waals surface area contributed by atoms with Gasteiger partial charge in [0.15, 0.2) is 0 Å². The van der Waals surface area contributed by atoms with Gasteiger partial charge in [-0.2, -0.15) is 12.6 Å². The molecule has 3 heteroatoms. The summed E-state index contributed by atoms with van der Waals surface area (Å²) in [5.41, 5.74) is 0. The zero-order valence-electron chi connectivity index (χ0n) is 9.39. The minimum atomic E-state index is 0.591. The molecule has 1 heterocycles. The largest absolute Gasteiger partial charge is 0.300 e. The van der Waals surface area contributed by atoms with Crippen LogP contribution in [-0.4, -0.2) is 30.3 Å². The SMILES string of the molecule is CC(Cc1cccs1)N(C)CC=CCS. The maximum Gasteiger partial charge on any atom is 0.0163 e. The molecule has 1 aromatic rings. The number of thiol groups is 1. The van der Waals surface area contributed by atoms with Crippen molar-refractivity contribution in [3.63, 3.8) is 0 Å². The molecular formula is C12H19NS2. The number of rotatable bonds is 6. The fraction of sp³-hybridized carbons (Fsp3) is 0.500. The van der Waals surface area contributed by atoms with Crippen molar-refractivity contribution in [3.05, 3.63) is 34.5 Å². The van der Waals surface area contributed by atoms with Crippen molar-refractivity contribution in [1.29, 1.82) is 0 Å². The van der Waals surface area contributed by atoms with Crippen LogP contribution in [-0.2, 0) is 6.42 Å². The highest BCUT2D eigenvalue weighted by Gasteiger charge is 2.08. The molecule has 0 saturated heterocycles. The Hall–Kier alpha value is -0.250. The average Bonchev–Trinajstić information content (AvgIpc) is 2.70. The summed E-state index contributed by atoms with van der Waals surface area (Å²) in [6.07, 6.45) is 5.41. The Balaban J connectivity index is 2.33. The molecule has 1 rings (SSSR count). The summed E-state index contributed by atoms with van der Waals surface area (Å²) in [5.74, 6) is 0.827. The van der Waals surface area contributed by atoms with E-state index in [1.807, 2.05) is 11.3 Å². The van der Waals surface area contributed by atoms with E-state index in [1.54, 1.807) is 0 Å². The first-order chi connectivity index (χ1) is 7.24. The molecule has 0 N–H and O–H groups in total. The van der Waals surface area contributed by atoms with Crippen LogP contribution < -0.4 is 0 Å². The van der Waals surface area contributed by atoms with Crippen molar-refractivity contribution in [2.45, 2.75) is 19.4 Å². The lowest BCUT2D eigenvalue weighted by atomic mass is 10.2. The topological polar surface area (TPSA) is 3.24 Å². The maximum absolute atomic E-state index is 4.14. The van der Waals surface area contributed by atoms with E-state index < -0.39 is 0 Å². The number of thiophene rings is 1. The molecule has 0 radical (unpaired) electrons. The van der Waals surface area contributed by atoms with Crippen molar-refractivity contribution in [1.82, 2.24) is 4.90 Å². The van der Waals surface area contributed by atoms with Gasteiger partial charge < -0.3 is 0 Å². The Morgan fingerprint density at radius 1 is 1.53 bits per heavy atom. The van der Waals surface area contributed by atoms with Crippen molar-refractivity contribution >= 4 is 24.0 Å². The molecule has 0 saturated carbocycles. The van der Waals surface area contributed by atoms with Crippen LogP contribution in [0.4, 0.5) is 0 Å². The molecule has 0 amide bonds. The predicted octanol–water partition coefficient (Wildman–Crippen LogP) is 3.10. The molecule has 0 aliphatic heterocycles. The number of hydrogen-bond donors (Lipinski definition) is 1. The van der Waals surface area contributed by atoms with E-state index in [0.717, 1.165) is 18.7 Å². The fourth-order valence-corrected chi connectivity index (χ4v) is 2.35. The van der Waals surface area contributed by atoms with Crippen LogP contribution in [0.15, 0.2) is 29.7 Å². The molecule has 0 fully saturated rings. The first kappa shape index (κ1) is 12.8. The molecule has 0 spiro atoms. The third-order valence-corrected chi connectivity index (χ3v) is 3.60. The lowest BCUT2D eigenvalue weighted by Gasteiger charge is -2.22. The summed E-state index contributed by atoms with van der Waals surface area (Å²) in [6.45, 7) is 3.28. The Kier molecular flexibility index (Phi) is 6.06. The van der Waals surface area contributed by atoms with Gasteiger partial charge in [-0.15, -0.1) is 11.3 Å². The Labute approximate surface area is 102 Å². The monoisotopic (exact) mass is 241 g/mol. The molecule has 15 heavy (non-hydrogen) atoms. The van der Waals surface area contributed by atoms with E-state index in [1.165, 1.54) is 4.88 Å². The third kappa shape index (κ3) is 4.87. The molecule has 1 unspecified atom stereocenters. The molecule has 1 nitrogen and oxygen atoms in total. The lowest BCUT2D eigenvalue weighted by molar-refractivity contribution is 0.284. The molecule has 84 valence electrons. The summed E-state index contributed by atoms with van der Waals surface area (Å²) in [6, 6.07) is 4.92. The van der Waals surface area contributed by atoms with Gasteiger partial charge in [0.25, 0.3) is 0 Å². The third-order valence-electron chi connectivity index (χ3n) is 2.49. The molecular weight excluding hydrogens is 222 g/mol. The zero-order chi connectivity index (χ0) is 11.1. The first-order valence-corrected chi connectivity index (χ1v) is 6.73. The highest BCUT2D eigenvalue weighted by Crippen LogP contribution is 2.13. The van der Waals surface area contributed by atoms with Gasteiger partial charge in [0.05, 0.1) is 0 Å². The second-order valence-electron chi connectivity index (χ2n) is 3.73. The summed E-state index contributed by atoms with van der Waals surface area (Å²) < 4.78 is 0. The fourth-order valence-electron chi connectivity index (χ4n) is 1.37. The zero-order valence-corrected chi connectivity index (χ0v) is 11.1. The second-order valence-corrected chi connectivity index (χ2v) is 5.12. The Morgan fingerprint density at radius 2 is 2.33 bits per heavy atom. The van der Waals surface area contributed by atoms with Gasteiger partial charge in [-0.05, 0) is 31.8 Å². The molecule has 1 atom stereocenters. The van der Waals surface area contributed by atoms with Gasteiger partial charge in [0.2, 0.25) is 0 Å². The van der Waals surface area contributed by atoms with Crippen LogP contribution in [0.1, 0.15) is 11.8 Å². The average molecular weight is 241 g/mol. The minimum Gasteiger partial charge on any atom is -0.300 e. The van der Waals surface area contributed by atoms with E-state index in [4.69, 9.17) is 0 Å². The summed E-state index contributed by atoms with van der Waals surface area (Å²) >= 11 is 5.98. The normalized spacial score (nSPS) is 13.9. The Morgan fingerprint density at radius 3 is 2.93 bits per heavy atom. The van der Waals surface area contributed by atoms with Crippen molar-refractivity contribution in [2.75, 3.05) is 19.3 Å². The smallest absolute Gasteiger partial charge is 0.0163 e. The molecule has 1 aromatic heterocycles. The molecule has 0 aromatic carbocycles. The number of hydrogen-bond acceptors (Lipinski definition) is 3. The van der Waals surface area contributed by atoms with E-state index in [-0.39, 0.29) is 0 Å². The van der Waals surface area contributed by atoms with E-state index >= 15 is 0 Å².